The lowest BCUT2D eigenvalue weighted by molar-refractivity contribution is 0.0784. The van der Waals surface area contributed by atoms with Gasteiger partial charge in [0, 0.05) is 36.7 Å². The Balaban J connectivity index is 1.76. The van der Waals surface area contributed by atoms with Gasteiger partial charge in [-0.2, -0.15) is 5.10 Å². The van der Waals surface area contributed by atoms with Gasteiger partial charge in [-0.25, -0.2) is 0 Å². The summed E-state index contributed by atoms with van der Waals surface area (Å²) in [6.45, 7) is 2.51. The average Bonchev–Trinajstić information content (AvgIpc) is 2.91. The number of aromatic amines is 1. The van der Waals surface area contributed by atoms with Crippen molar-refractivity contribution in [2.45, 2.75) is 39.2 Å². The van der Waals surface area contributed by atoms with Crippen LogP contribution in [0, 0.1) is 6.92 Å². The molecule has 3 rings (SSSR count). The molecule has 0 bridgehead atoms. The molecule has 0 saturated heterocycles. The van der Waals surface area contributed by atoms with Crippen molar-refractivity contribution in [1.82, 2.24) is 20.1 Å². The lowest BCUT2D eigenvalue weighted by Crippen LogP contribution is -2.27. The van der Waals surface area contributed by atoms with E-state index in [0.29, 0.717) is 12.1 Å². The smallest absolute Gasteiger partial charge is 0.255 e. The Bertz CT molecular complexity index is 662. The van der Waals surface area contributed by atoms with Crippen LogP contribution in [-0.4, -0.2) is 33.0 Å². The molecule has 0 fully saturated rings. The Morgan fingerprint density at radius 1 is 1.33 bits per heavy atom. The number of hydrogen-bond donors (Lipinski definition) is 1. The van der Waals surface area contributed by atoms with E-state index < -0.39 is 0 Å². The van der Waals surface area contributed by atoms with Crippen molar-refractivity contribution in [2.24, 2.45) is 0 Å². The number of hydrogen-bond acceptors (Lipinski definition) is 3. The number of amides is 1. The van der Waals surface area contributed by atoms with Crippen molar-refractivity contribution < 1.29 is 4.79 Å². The topological polar surface area (TPSA) is 61.9 Å². The molecule has 0 saturated carbocycles. The van der Waals surface area contributed by atoms with Crippen LogP contribution in [-0.2, 0) is 19.4 Å². The van der Waals surface area contributed by atoms with Crippen LogP contribution in [0.1, 0.15) is 45.7 Å². The van der Waals surface area contributed by atoms with E-state index in [1.165, 1.54) is 18.4 Å². The first-order valence-electron chi connectivity index (χ1n) is 7.37. The first-order valence-corrected chi connectivity index (χ1v) is 7.37. The van der Waals surface area contributed by atoms with Gasteiger partial charge >= 0.3 is 0 Å². The zero-order valence-corrected chi connectivity index (χ0v) is 12.5. The Hall–Kier alpha value is -2.17. The molecule has 5 heteroatoms. The highest BCUT2D eigenvalue weighted by Gasteiger charge is 2.17. The zero-order chi connectivity index (χ0) is 14.8. The molecule has 2 aromatic heterocycles. The van der Waals surface area contributed by atoms with Crippen LogP contribution in [0.2, 0.25) is 0 Å². The van der Waals surface area contributed by atoms with Gasteiger partial charge in [0.05, 0.1) is 11.8 Å². The van der Waals surface area contributed by atoms with Crippen LogP contribution in [0.3, 0.4) is 0 Å². The summed E-state index contributed by atoms with van der Waals surface area (Å²) >= 11 is 0. The first-order chi connectivity index (χ1) is 10.1. The fourth-order valence-electron chi connectivity index (χ4n) is 2.79. The lowest BCUT2D eigenvalue weighted by atomic mass is 9.95. The third kappa shape index (κ3) is 2.82. The number of carbonyl (C=O) groups excluding carboxylic acids is 1. The maximum Gasteiger partial charge on any atom is 0.255 e. The number of pyridine rings is 1. The minimum atomic E-state index is 0.0106. The molecule has 1 amide bonds. The summed E-state index contributed by atoms with van der Waals surface area (Å²) in [5.41, 5.74) is 5.11. The first kappa shape index (κ1) is 13.8. The Morgan fingerprint density at radius 3 is 2.90 bits per heavy atom. The van der Waals surface area contributed by atoms with Crippen LogP contribution in [0.15, 0.2) is 18.5 Å². The van der Waals surface area contributed by atoms with Gasteiger partial charge < -0.3 is 4.90 Å². The number of aryl methyl sites for hydroxylation is 3. The zero-order valence-electron chi connectivity index (χ0n) is 12.5. The lowest BCUT2D eigenvalue weighted by Gasteiger charge is -2.19. The SMILES string of the molecule is Cc1[nH]ncc1CN(C)C(=O)c1cnc2c(c1)CCCC2. The van der Waals surface area contributed by atoms with Crippen molar-refractivity contribution in [3.8, 4) is 0 Å². The molecule has 21 heavy (non-hydrogen) atoms. The second-order valence-corrected chi connectivity index (χ2v) is 5.72. The molecule has 2 aromatic rings. The Labute approximate surface area is 124 Å². The molecule has 1 aliphatic carbocycles. The number of fused-ring (bicyclic) bond motifs is 1. The van der Waals surface area contributed by atoms with Crippen LogP contribution in [0.4, 0.5) is 0 Å². The minimum Gasteiger partial charge on any atom is -0.337 e. The van der Waals surface area contributed by atoms with E-state index in [1.807, 2.05) is 20.0 Å². The van der Waals surface area contributed by atoms with Gasteiger partial charge in [0.25, 0.3) is 5.91 Å². The summed E-state index contributed by atoms with van der Waals surface area (Å²) in [5.74, 6) is 0.0106. The molecule has 0 unspecified atom stereocenters. The average molecular weight is 284 g/mol. The Kier molecular flexibility index (Phi) is 3.73. The summed E-state index contributed by atoms with van der Waals surface area (Å²) in [7, 11) is 1.81. The van der Waals surface area contributed by atoms with Crippen LogP contribution < -0.4 is 0 Å². The Morgan fingerprint density at radius 2 is 2.14 bits per heavy atom. The van der Waals surface area contributed by atoms with Gasteiger partial charge in [-0.05, 0) is 44.2 Å². The van der Waals surface area contributed by atoms with Crippen molar-refractivity contribution in [2.75, 3.05) is 7.05 Å². The van der Waals surface area contributed by atoms with E-state index in [0.717, 1.165) is 29.8 Å². The van der Waals surface area contributed by atoms with Gasteiger partial charge in [0.15, 0.2) is 0 Å². The van der Waals surface area contributed by atoms with Crippen LogP contribution in [0.5, 0.6) is 0 Å². The molecule has 0 atom stereocenters. The highest BCUT2D eigenvalue weighted by molar-refractivity contribution is 5.94. The predicted molar refractivity (Wildman–Crippen MR) is 80.0 cm³/mol. The fraction of sp³-hybridized carbons (Fsp3) is 0.438. The van der Waals surface area contributed by atoms with E-state index in [9.17, 15) is 4.79 Å². The van der Waals surface area contributed by atoms with E-state index in [2.05, 4.69) is 15.2 Å². The van der Waals surface area contributed by atoms with Gasteiger partial charge in [-0.15, -0.1) is 0 Å². The quantitative estimate of drug-likeness (QED) is 0.940. The number of H-pyrrole nitrogens is 1. The van der Waals surface area contributed by atoms with Gasteiger partial charge in [0.2, 0.25) is 0 Å². The normalized spacial score (nSPS) is 13.8. The number of nitrogens with one attached hydrogen (secondary N) is 1. The molecule has 0 aliphatic heterocycles. The molecule has 0 spiro atoms. The highest BCUT2D eigenvalue weighted by Crippen LogP contribution is 2.20. The van der Waals surface area contributed by atoms with Gasteiger partial charge in [-0.1, -0.05) is 0 Å². The second kappa shape index (κ2) is 5.68. The largest absolute Gasteiger partial charge is 0.337 e. The summed E-state index contributed by atoms with van der Waals surface area (Å²) in [4.78, 5) is 18.7. The number of nitrogens with zero attached hydrogens (tertiary/aromatic N) is 3. The number of aromatic nitrogens is 3. The highest BCUT2D eigenvalue weighted by atomic mass is 16.2. The van der Waals surface area contributed by atoms with E-state index >= 15 is 0 Å². The van der Waals surface area contributed by atoms with E-state index in [1.54, 1.807) is 17.3 Å². The molecule has 1 N–H and O–H groups in total. The molecule has 110 valence electrons. The van der Waals surface area contributed by atoms with E-state index in [-0.39, 0.29) is 5.91 Å². The second-order valence-electron chi connectivity index (χ2n) is 5.72. The maximum absolute atomic E-state index is 12.5. The summed E-state index contributed by atoms with van der Waals surface area (Å²) < 4.78 is 0. The van der Waals surface area contributed by atoms with Crippen molar-refractivity contribution in [1.29, 1.82) is 0 Å². The maximum atomic E-state index is 12.5. The molecule has 2 heterocycles. The predicted octanol–water partition coefficient (Wildman–Crippen LogP) is 2.26. The molecule has 0 aromatic carbocycles. The number of rotatable bonds is 3. The molecular formula is C16H20N4O. The van der Waals surface area contributed by atoms with Crippen LogP contribution >= 0.6 is 0 Å². The number of carbonyl (C=O) groups is 1. The summed E-state index contributed by atoms with van der Waals surface area (Å²) in [6, 6.07) is 2.02. The summed E-state index contributed by atoms with van der Waals surface area (Å²) in [6.07, 6.45) is 7.95. The van der Waals surface area contributed by atoms with Crippen LogP contribution in [0.25, 0.3) is 0 Å². The fourth-order valence-corrected chi connectivity index (χ4v) is 2.79. The minimum absolute atomic E-state index is 0.0106. The van der Waals surface area contributed by atoms with Gasteiger partial charge in [-0.3, -0.25) is 14.9 Å². The van der Waals surface area contributed by atoms with Gasteiger partial charge in [0.1, 0.15) is 0 Å². The van der Waals surface area contributed by atoms with Crippen molar-refractivity contribution >= 4 is 5.91 Å². The third-order valence-corrected chi connectivity index (χ3v) is 4.11. The monoisotopic (exact) mass is 284 g/mol. The van der Waals surface area contributed by atoms with E-state index in [4.69, 9.17) is 0 Å². The molecule has 1 aliphatic rings. The molecule has 0 radical (unpaired) electrons. The van der Waals surface area contributed by atoms with Crippen molar-refractivity contribution in [3.05, 3.63) is 46.5 Å². The third-order valence-electron chi connectivity index (χ3n) is 4.11. The van der Waals surface area contributed by atoms with Crippen molar-refractivity contribution in [3.63, 3.8) is 0 Å². The summed E-state index contributed by atoms with van der Waals surface area (Å²) in [5, 5.41) is 6.88. The molecule has 5 nitrogen and oxygen atoms in total. The molecular weight excluding hydrogens is 264 g/mol. The standard InChI is InChI=1S/C16H20N4O/c1-11-14(9-18-19-11)10-20(2)16(21)13-7-12-5-3-4-6-15(12)17-8-13/h7-9H,3-6,10H2,1-2H3,(H,18,19).